The summed E-state index contributed by atoms with van der Waals surface area (Å²) < 4.78 is 0.986. The SMILES string of the molecule is O=C(O)Cc1ccc2nc(-c3ccccn3)sc2c1. The predicted molar refractivity (Wildman–Crippen MR) is 74.2 cm³/mol. The molecular formula is C14H10N2O2S. The number of benzene rings is 1. The summed E-state index contributed by atoms with van der Waals surface area (Å²) in [6.07, 6.45) is 1.77. The number of rotatable bonds is 3. The van der Waals surface area contributed by atoms with Gasteiger partial charge < -0.3 is 5.11 Å². The lowest BCUT2D eigenvalue weighted by Gasteiger charge is -1.95. The van der Waals surface area contributed by atoms with Crippen molar-refractivity contribution in [3.05, 3.63) is 48.2 Å². The molecule has 1 aromatic carbocycles. The third-order valence-corrected chi connectivity index (χ3v) is 3.73. The Morgan fingerprint density at radius 3 is 2.89 bits per heavy atom. The minimum absolute atomic E-state index is 0.0345. The van der Waals surface area contributed by atoms with E-state index in [2.05, 4.69) is 9.97 Å². The van der Waals surface area contributed by atoms with Gasteiger partial charge in [0.25, 0.3) is 0 Å². The van der Waals surface area contributed by atoms with Crippen molar-refractivity contribution in [1.82, 2.24) is 9.97 Å². The molecule has 4 nitrogen and oxygen atoms in total. The van der Waals surface area contributed by atoms with Crippen molar-refractivity contribution >= 4 is 27.5 Å². The second kappa shape index (κ2) is 4.78. The Kier molecular flexibility index (Phi) is 2.97. The van der Waals surface area contributed by atoms with E-state index in [1.165, 1.54) is 11.3 Å². The summed E-state index contributed by atoms with van der Waals surface area (Å²) in [7, 11) is 0. The maximum absolute atomic E-state index is 10.7. The first kappa shape index (κ1) is 11.8. The molecule has 0 saturated carbocycles. The topological polar surface area (TPSA) is 63.1 Å². The summed E-state index contributed by atoms with van der Waals surface area (Å²) >= 11 is 1.53. The molecule has 2 heterocycles. The van der Waals surface area contributed by atoms with Crippen LogP contribution in [0, 0.1) is 0 Å². The minimum Gasteiger partial charge on any atom is -0.481 e. The fourth-order valence-corrected chi connectivity index (χ4v) is 2.86. The van der Waals surface area contributed by atoms with Crippen molar-refractivity contribution in [2.75, 3.05) is 0 Å². The van der Waals surface area contributed by atoms with Crippen LogP contribution in [0.3, 0.4) is 0 Å². The van der Waals surface area contributed by atoms with E-state index in [0.717, 1.165) is 26.5 Å². The van der Waals surface area contributed by atoms with E-state index in [1.54, 1.807) is 12.3 Å². The van der Waals surface area contributed by atoms with Gasteiger partial charge in [-0.05, 0) is 29.8 Å². The second-order valence-electron chi connectivity index (χ2n) is 4.11. The van der Waals surface area contributed by atoms with Gasteiger partial charge in [0.05, 0.1) is 22.3 Å². The second-order valence-corrected chi connectivity index (χ2v) is 5.14. The van der Waals surface area contributed by atoms with E-state index in [9.17, 15) is 4.79 Å². The molecule has 0 spiro atoms. The van der Waals surface area contributed by atoms with Gasteiger partial charge in [-0.25, -0.2) is 4.98 Å². The maximum Gasteiger partial charge on any atom is 0.307 e. The molecule has 0 bridgehead atoms. The summed E-state index contributed by atoms with van der Waals surface area (Å²) in [6.45, 7) is 0. The van der Waals surface area contributed by atoms with E-state index in [4.69, 9.17) is 5.11 Å². The number of aliphatic carboxylic acids is 1. The Morgan fingerprint density at radius 2 is 2.16 bits per heavy atom. The van der Waals surface area contributed by atoms with Crippen molar-refractivity contribution in [1.29, 1.82) is 0 Å². The molecule has 5 heteroatoms. The highest BCUT2D eigenvalue weighted by Crippen LogP contribution is 2.29. The van der Waals surface area contributed by atoms with Crippen molar-refractivity contribution < 1.29 is 9.90 Å². The number of carboxylic acids is 1. The van der Waals surface area contributed by atoms with Gasteiger partial charge in [-0.15, -0.1) is 11.3 Å². The van der Waals surface area contributed by atoms with E-state index in [0.29, 0.717) is 0 Å². The summed E-state index contributed by atoms with van der Waals surface area (Å²) in [5.74, 6) is -0.825. The molecule has 3 rings (SSSR count). The summed E-state index contributed by atoms with van der Waals surface area (Å²) in [5.41, 5.74) is 2.50. The van der Waals surface area contributed by atoms with Gasteiger partial charge in [0, 0.05) is 6.20 Å². The molecule has 0 aliphatic rings. The molecule has 0 unspecified atom stereocenters. The zero-order valence-corrected chi connectivity index (χ0v) is 10.7. The molecule has 3 aromatic rings. The third kappa shape index (κ3) is 2.46. The number of pyridine rings is 1. The molecule has 0 saturated heterocycles. The summed E-state index contributed by atoms with van der Waals surface area (Å²) in [5, 5.41) is 9.65. The Morgan fingerprint density at radius 1 is 1.26 bits per heavy atom. The zero-order valence-electron chi connectivity index (χ0n) is 9.91. The predicted octanol–water partition coefficient (Wildman–Crippen LogP) is 2.99. The largest absolute Gasteiger partial charge is 0.481 e. The number of fused-ring (bicyclic) bond motifs is 1. The smallest absolute Gasteiger partial charge is 0.307 e. The van der Waals surface area contributed by atoms with Gasteiger partial charge in [0.2, 0.25) is 0 Å². The van der Waals surface area contributed by atoms with Crippen LogP contribution in [0.15, 0.2) is 42.6 Å². The number of hydrogen-bond acceptors (Lipinski definition) is 4. The van der Waals surface area contributed by atoms with Crippen molar-refractivity contribution in [2.24, 2.45) is 0 Å². The number of carbonyl (C=O) groups is 1. The highest BCUT2D eigenvalue weighted by molar-refractivity contribution is 7.21. The standard InChI is InChI=1S/C14H10N2O2S/c17-13(18)8-9-4-5-10-12(7-9)19-14(16-10)11-3-1-2-6-15-11/h1-7H,8H2,(H,17,18). The van der Waals surface area contributed by atoms with Crippen LogP contribution in [-0.2, 0) is 11.2 Å². The van der Waals surface area contributed by atoms with Crippen molar-refractivity contribution in [2.45, 2.75) is 6.42 Å². The van der Waals surface area contributed by atoms with Crippen LogP contribution < -0.4 is 0 Å². The molecule has 0 fully saturated rings. The third-order valence-electron chi connectivity index (χ3n) is 2.69. The number of hydrogen-bond donors (Lipinski definition) is 1. The van der Waals surface area contributed by atoms with Crippen molar-refractivity contribution in [3.8, 4) is 10.7 Å². The molecule has 0 aliphatic carbocycles. The van der Waals surface area contributed by atoms with Crippen molar-refractivity contribution in [3.63, 3.8) is 0 Å². The van der Waals surface area contributed by atoms with Gasteiger partial charge in [0.1, 0.15) is 5.01 Å². The quantitative estimate of drug-likeness (QED) is 0.794. The first-order chi connectivity index (χ1) is 9.22. The van der Waals surface area contributed by atoms with E-state index in [-0.39, 0.29) is 6.42 Å². The first-order valence-electron chi connectivity index (χ1n) is 5.75. The summed E-state index contributed by atoms with van der Waals surface area (Å²) in [6, 6.07) is 11.2. The lowest BCUT2D eigenvalue weighted by molar-refractivity contribution is -0.136. The van der Waals surface area contributed by atoms with Gasteiger partial charge in [-0.3, -0.25) is 9.78 Å². The zero-order chi connectivity index (χ0) is 13.2. The molecule has 19 heavy (non-hydrogen) atoms. The normalized spacial score (nSPS) is 10.7. The molecule has 2 aromatic heterocycles. The van der Waals surface area contributed by atoms with E-state index >= 15 is 0 Å². The van der Waals surface area contributed by atoms with Gasteiger partial charge in [0.15, 0.2) is 0 Å². The molecule has 0 aliphatic heterocycles. The number of aromatic nitrogens is 2. The van der Waals surface area contributed by atoms with Crippen LogP contribution in [0.25, 0.3) is 20.9 Å². The lowest BCUT2D eigenvalue weighted by Crippen LogP contribution is -1.99. The molecule has 0 atom stereocenters. The maximum atomic E-state index is 10.7. The monoisotopic (exact) mass is 270 g/mol. The average Bonchev–Trinajstić information content (AvgIpc) is 2.82. The summed E-state index contributed by atoms with van der Waals surface area (Å²) in [4.78, 5) is 19.5. The molecule has 1 N–H and O–H groups in total. The van der Waals surface area contributed by atoms with Gasteiger partial charge >= 0.3 is 5.97 Å². The van der Waals surface area contributed by atoms with Gasteiger partial charge in [-0.1, -0.05) is 12.1 Å². The number of nitrogens with zero attached hydrogens (tertiary/aromatic N) is 2. The van der Waals surface area contributed by atoms with Crippen LogP contribution in [0.5, 0.6) is 0 Å². The van der Waals surface area contributed by atoms with Crippen LogP contribution in [0.2, 0.25) is 0 Å². The molecule has 0 amide bonds. The number of thiazole rings is 1. The minimum atomic E-state index is -0.825. The number of carboxylic acid groups (broad SMARTS) is 1. The highest BCUT2D eigenvalue weighted by atomic mass is 32.1. The van der Waals surface area contributed by atoms with Crippen LogP contribution in [-0.4, -0.2) is 21.0 Å². The Bertz CT molecular complexity index is 738. The molecule has 0 radical (unpaired) electrons. The lowest BCUT2D eigenvalue weighted by atomic mass is 10.1. The van der Waals surface area contributed by atoms with Crippen LogP contribution in [0.4, 0.5) is 0 Å². The molecular weight excluding hydrogens is 260 g/mol. The molecule has 94 valence electrons. The average molecular weight is 270 g/mol. The Labute approximate surface area is 113 Å². The van der Waals surface area contributed by atoms with E-state index < -0.39 is 5.97 Å². The van der Waals surface area contributed by atoms with E-state index in [1.807, 2.05) is 30.3 Å². The Hall–Kier alpha value is -2.27. The first-order valence-corrected chi connectivity index (χ1v) is 6.57. The fraction of sp³-hybridized carbons (Fsp3) is 0.0714. The van der Waals surface area contributed by atoms with Crippen LogP contribution in [0.1, 0.15) is 5.56 Å². The fourth-order valence-electron chi connectivity index (χ4n) is 1.85. The van der Waals surface area contributed by atoms with Gasteiger partial charge in [-0.2, -0.15) is 0 Å². The van der Waals surface area contributed by atoms with Crippen LogP contribution >= 0.6 is 11.3 Å². The Balaban J connectivity index is 2.04. The highest BCUT2D eigenvalue weighted by Gasteiger charge is 2.08.